The second-order valence-electron chi connectivity index (χ2n) is 5.56. The summed E-state index contributed by atoms with van der Waals surface area (Å²) in [6, 6.07) is 6.01. The van der Waals surface area contributed by atoms with Crippen LogP contribution in [0.5, 0.6) is 0 Å². The van der Waals surface area contributed by atoms with E-state index in [0.717, 1.165) is 29.7 Å². The lowest BCUT2D eigenvalue weighted by Gasteiger charge is -2.35. The molecule has 1 saturated heterocycles. The molecule has 98 valence electrons. The summed E-state index contributed by atoms with van der Waals surface area (Å²) in [4.78, 5) is 14.4. The number of hydrogen-bond acceptors (Lipinski definition) is 2. The number of likely N-dealkylation sites (tertiary alicyclic amines) is 1. The molecule has 2 N–H and O–H groups in total. The van der Waals surface area contributed by atoms with Crippen LogP contribution in [0.1, 0.15) is 34.8 Å². The van der Waals surface area contributed by atoms with Gasteiger partial charge in [-0.15, -0.1) is 0 Å². The summed E-state index contributed by atoms with van der Waals surface area (Å²) >= 11 is 0. The summed E-state index contributed by atoms with van der Waals surface area (Å²) in [7, 11) is 0. The Balaban J connectivity index is 2.23. The lowest BCUT2D eigenvalue weighted by molar-refractivity contribution is 0.0660. The second kappa shape index (κ2) is 5.11. The maximum Gasteiger partial charge on any atom is 0.254 e. The quantitative estimate of drug-likeness (QED) is 0.825. The standard InChI is InChI=1S/C15H22N2O/c1-10-7-13(16)9-17(8-10)15(18)14-6-4-5-11(2)12(14)3/h4-6,10,13H,7-9,16H2,1-3H3. The van der Waals surface area contributed by atoms with Crippen LogP contribution in [-0.4, -0.2) is 29.9 Å². The number of amides is 1. The van der Waals surface area contributed by atoms with E-state index in [9.17, 15) is 4.79 Å². The van der Waals surface area contributed by atoms with E-state index < -0.39 is 0 Å². The molecule has 3 heteroatoms. The number of hydrogen-bond donors (Lipinski definition) is 1. The van der Waals surface area contributed by atoms with E-state index in [-0.39, 0.29) is 11.9 Å². The molecular formula is C15H22N2O. The van der Waals surface area contributed by atoms with Crippen LogP contribution in [0.15, 0.2) is 18.2 Å². The first-order valence-corrected chi connectivity index (χ1v) is 6.60. The first kappa shape index (κ1) is 13.1. The van der Waals surface area contributed by atoms with Crippen molar-refractivity contribution < 1.29 is 4.79 Å². The minimum Gasteiger partial charge on any atom is -0.337 e. The molecule has 1 aromatic rings. The summed E-state index contributed by atoms with van der Waals surface area (Å²) in [5.74, 6) is 0.612. The van der Waals surface area contributed by atoms with Gasteiger partial charge in [-0.3, -0.25) is 4.79 Å². The molecule has 1 aromatic carbocycles. The number of nitrogens with zero attached hydrogens (tertiary/aromatic N) is 1. The molecular weight excluding hydrogens is 224 g/mol. The summed E-state index contributed by atoms with van der Waals surface area (Å²) in [6.07, 6.45) is 1.01. The summed E-state index contributed by atoms with van der Waals surface area (Å²) in [5, 5.41) is 0. The van der Waals surface area contributed by atoms with E-state index in [4.69, 9.17) is 5.73 Å². The van der Waals surface area contributed by atoms with Crippen molar-refractivity contribution in [3.63, 3.8) is 0 Å². The van der Waals surface area contributed by atoms with E-state index in [0.29, 0.717) is 12.5 Å². The molecule has 0 aliphatic carbocycles. The molecule has 2 rings (SSSR count). The number of nitrogens with two attached hydrogens (primary N) is 1. The van der Waals surface area contributed by atoms with Gasteiger partial charge in [-0.25, -0.2) is 0 Å². The highest BCUT2D eigenvalue weighted by atomic mass is 16.2. The van der Waals surface area contributed by atoms with Crippen LogP contribution in [0.2, 0.25) is 0 Å². The SMILES string of the molecule is Cc1cccc(C(=O)N2CC(C)CC(N)C2)c1C. The number of aryl methyl sites for hydroxylation is 1. The van der Waals surface area contributed by atoms with Crippen molar-refractivity contribution in [1.29, 1.82) is 0 Å². The first-order valence-electron chi connectivity index (χ1n) is 6.60. The monoisotopic (exact) mass is 246 g/mol. The van der Waals surface area contributed by atoms with E-state index >= 15 is 0 Å². The lowest BCUT2D eigenvalue weighted by atomic mass is 9.95. The van der Waals surface area contributed by atoms with Crippen LogP contribution >= 0.6 is 0 Å². The normalized spacial score (nSPS) is 24.1. The zero-order valence-corrected chi connectivity index (χ0v) is 11.4. The van der Waals surface area contributed by atoms with Gasteiger partial charge in [-0.05, 0) is 43.4 Å². The molecule has 1 amide bonds. The number of carbonyl (C=O) groups excluding carboxylic acids is 1. The number of rotatable bonds is 1. The molecule has 1 aliphatic rings. The van der Waals surface area contributed by atoms with Crippen molar-refractivity contribution in [2.75, 3.05) is 13.1 Å². The summed E-state index contributed by atoms with van der Waals surface area (Å²) in [6.45, 7) is 7.70. The molecule has 2 atom stereocenters. The third-order valence-corrected chi connectivity index (χ3v) is 3.81. The van der Waals surface area contributed by atoms with Crippen LogP contribution in [0.25, 0.3) is 0 Å². The highest BCUT2D eigenvalue weighted by molar-refractivity contribution is 5.96. The van der Waals surface area contributed by atoms with Gasteiger partial charge in [0.2, 0.25) is 0 Å². The Kier molecular flexibility index (Phi) is 3.71. The highest BCUT2D eigenvalue weighted by Gasteiger charge is 2.27. The largest absolute Gasteiger partial charge is 0.337 e. The van der Waals surface area contributed by atoms with Crippen molar-refractivity contribution in [2.24, 2.45) is 11.7 Å². The van der Waals surface area contributed by atoms with Crippen LogP contribution in [0.3, 0.4) is 0 Å². The fourth-order valence-corrected chi connectivity index (χ4v) is 2.72. The molecule has 0 saturated carbocycles. The topological polar surface area (TPSA) is 46.3 Å². The van der Waals surface area contributed by atoms with E-state index in [2.05, 4.69) is 6.92 Å². The fourth-order valence-electron chi connectivity index (χ4n) is 2.72. The fraction of sp³-hybridized carbons (Fsp3) is 0.533. The zero-order chi connectivity index (χ0) is 13.3. The van der Waals surface area contributed by atoms with E-state index in [1.807, 2.05) is 36.9 Å². The predicted molar refractivity (Wildman–Crippen MR) is 73.6 cm³/mol. The van der Waals surface area contributed by atoms with Crippen LogP contribution in [-0.2, 0) is 0 Å². The molecule has 1 fully saturated rings. The second-order valence-corrected chi connectivity index (χ2v) is 5.56. The predicted octanol–water partition coefficient (Wildman–Crippen LogP) is 2.11. The molecule has 0 radical (unpaired) electrons. The average molecular weight is 246 g/mol. The van der Waals surface area contributed by atoms with Crippen LogP contribution in [0.4, 0.5) is 0 Å². The van der Waals surface area contributed by atoms with Gasteiger partial charge in [0, 0.05) is 24.7 Å². The average Bonchev–Trinajstić information content (AvgIpc) is 2.30. The van der Waals surface area contributed by atoms with Gasteiger partial charge in [0.15, 0.2) is 0 Å². The molecule has 0 bridgehead atoms. The zero-order valence-electron chi connectivity index (χ0n) is 11.4. The Morgan fingerprint density at radius 2 is 2.06 bits per heavy atom. The van der Waals surface area contributed by atoms with Crippen molar-refractivity contribution in [2.45, 2.75) is 33.2 Å². The van der Waals surface area contributed by atoms with Gasteiger partial charge >= 0.3 is 0 Å². The van der Waals surface area contributed by atoms with Crippen LogP contribution in [0, 0.1) is 19.8 Å². The number of piperidine rings is 1. The molecule has 2 unspecified atom stereocenters. The highest BCUT2D eigenvalue weighted by Crippen LogP contribution is 2.20. The minimum absolute atomic E-state index is 0.114. The lowest BCUT2D eigenvalue weighted by Crippen LogP contribution is -2.49. The molecule has 0 spiro atoms. The molecule has 1 heterocycles. The van der Waals surface area contributed by atoms with Gasteiger partial charge in [0.25, 0.3) is 5.91 Å². The third-order valence-electron chi connectivity index (χ3n) is 3.81. The Hall–Kier alpha value is -1.35. The molecule has 18 heavy (non-hydrogen) atoms. The summed E-state index contributed by atoms with van der Waals surface area (Å²) < 4.78 is 0. The van der Waals surface area contributed by atoms with Crippen molar-refractivity contribution in [1.82, 2.24) is 4.90 Å². The van der Waals surface area contributed by atoms with Crippen LogP contribution < -0.4 is 5.73 Å². The van der Waals surface area contributed by atoms with Gasteiger partial charge in [-0.2, -0.15) is 0 Å². The van der Waals surface area contributed by atoms with Gasteiger partial charge in [0.1, 0.15) is 0 Å². The molecule has 3 nitrogen and oxygen atoms in total. The van der Waals surface area contributed by atoms with Crippen molar-refractivity contribution in [3.05, 3.63) is 34.9 Å². The Bertz CT molecular complexity index is 446. The maximum atomic E-state index is 12.5. The molecule has 1 aliphatic heterocycles. The van der Waals surface area contributed by atoms with Gasteiger partial charge in [0.05, 0.1) is 0 Å². The number of benzene rings is 1. The Morgan fingerprint density at radius 1 is 1.33 bits per heavy atom. The van der Waals surface area contributed by atoms with Crippen molar-refractivity contribution >= 4 is 5.91 Å². The van der Waals surface area contributed by atoms with Crippen molar-refractivity contribution in [3.8, 4) is 0 Å². The summed E-state index contributed by atoms with van der Waals surface area (Å²) in [5.41, 5.74) is 9.06. The Labute approximate surface area is 109 Å². The maximum absolute atomic E-state index is 12.5. The van der Waals surface area contributed by atoms with Gasteiger partial charge < -0.3 is 10.6 Å². The third kappa shape index (κ3) is 2.56. The van der Waals surface area contributed by atoms with Gasteiger partial charge in [-0.1, -0.05) is 19.1 Å². The molecule has 0 aromatic heterocycles. The van der Waals surface area contributed by atoms with E-state index in [1.54, 1.807) is 0 Å². The number of carbonyl (C=O) groups is 1. The minimum atomic E-state index is 0.114. The first-order chi connectivity index (χ1) is 8.49. The smallest absolute Gasteiger partial charge is 0.254 e. The van der Waals surface area contributed by atoms with E-state index in [1.165, 1.54) is 0 Å². The Morgan fingerprint density at radius 3 is 2.72 bits per heavy atom.